The van der Waals surface area contributed by atoms with Gasteiger partial charge in [-0.3, -0.25) is 0 Å². The van der Waals surface area contributed by atoms with E-state index in [4.69, 9.17) is 28.7 Å². The molecule has 1 atom stereocenters. The van der Waals surface area contributed by atoms with Crippen LogP contribution in [0, 0.1) is 0 Å². The van der Waals surface area contributed by atoms with Crippen molar-refractivity contribution < 1.29 is 23.4 Å². The van der Waals surface area contributed by atoms with Gasteiger partial charge in [0.1, 0.15) is 28.2 Å². The second-order valence-corrected chi connectivity index (χ2v) is 12.7. The zero-order valence-corrected chi connectivity index (χ0v) is 27.3. The summed E-state index contributed by atoms with van der Waals surface area (Å²) in [7, 11) is 1.65. The van der Waals surface area contributed by atoms with Gasteiger partial charge in [-0.25, -0.2) is 19.4 Å². The molecule has 48 heavy (non-hydrogen) atoms. The van der Waals surface area contributed by atoms with Crippen molar-refractivity contribution in [3.63, 3.8) is 0 Å². The van der Waals surface area contributed by atoms with Gasteiger partial charge < -0.3 is 28.8 Å². The van der Waals surface area contributed by atoms with Crippen molar-refractivity contribution in [3.05, 3.63) is 84.7 Å². The lowest BCUT2D eigenvalue weighted by Crippen LogP contribution is -2.47. The number of rotatable bonds is 8. The van der Waals surface area contributed by atoms with Crippen LogP contribution in [0.25, 0.3) is 33.7 Å². The number of nitrogens with one attached hydrogen (secondary N) is 1. The van der Waals surface area contributed by atoms with E-state index in [1.54, 1.807) is 24.4 Å². The number of nitrogens with zero attached hydrogens (tertiary/aromatic N) is 6. The molecule has 0 spiro atoms. The van der Waals surface area contributed by atoms with E-state index < -0.39 is 5.60 Å². The van der Waals surface area contributed by atoms with Crippen molar-refractivity contribution in [2.45, 2.75) is 51.8 Å². The van der Waals surface area contributed by atoms with Crippen LogP contribution in [0.1, 0.15) is 39.2 Å². The molecule has 1 aliphatic rings. The van der Waals surface area contributed by atoms with Gasteiger partial charge in [-0.2, -0.15) is 10.1 Å². The molecule has 0 saturated carbocycles. The third-order valence-corrected chi connectivity index (χ3v) is 7.99. The molecule has 1 saturated heterocycles. The number of aromatic nitrogens is 5. The van der Waals surface area contributed by atoms with Crippen LogP contribution < -0.4 is 14.8 Å². The predicted octanol–water partition coefficient (Wildman–Crippen LogP) is 7.30. The molecule has 246 valence electrons. The van der Waals surface area contributed by atoms with Gasteiger partial charge in [-0.15, -0.1) is 0 Å². The summed E-state index contributed by atoms with van der Waals surface area (Å²) >= 11 is 0. The minimum atomic E-state index is -0.566. The number of anilines is 1. The molecule has 0 aliphatic carbocycles. The average molecular weight is 648 g/mol. The molecule has 2 aromatic carbocycles. The number of oxazole rings is 1. The zero-order chi connectivity index (χ0) is 33.3. The maximum absolute atomic E-state index is 12.9. The number of pyridine rings is 2. The summed E-state index contributed by atoms with van der Waals surface area (Å²) in [5.74, 6) is 3.13. The van der Waals surface area contributed by atoms with E-state index in [9.17, 15) is 4.79 Å². The Labute approximate surface area is 277 Å². The molecule has 4 aromatic heterocycles. The van der Waals surface area contributed by atoms with Crippen LogP contribution in [0.3, 0.4) is 0 Å². The Morgan fingerprint density at radius 1 is 1.00 bits per heavy atom. The molecule has 0 bridgehead atoms. The monoisotopic (exact) mass is 647 g/mol. The number of methoxy groups -OCH3 is 1. The molecule has 12 nitrogen and oxygen atoms in total. The van der Waals surface area contributed by atoms with Crippen molar-refractivity contribution in [1.82, 2.24) is 29.6 Å². The fourth-order valence-electron chi connectivity index (χ4n) is 5.74. The number of benzene rings is 2. The highest BCUT2D eigenvalue weighted by Crippen LogP contribution is 2.36. The van der Waals surface area contributed by atoms with E-state index in [2.05, 4.69) is 15.3 Å². The summed E-state index contributed by atoms with van der Waals surface area (Å²) in [6.45, 7) is 7.25. The van der Waals surface area contributed by atoms with Crippen LogP contribution in [-0.2, 0) is 11.3 Å². The van der Waals surface area contributed by atoms with Crippen LogP contribution >= 0.6 is 0 Å². The highest BCUT2D eigenvalue weighted by atomic mass is 16.6. The molecule has 1 aliphatic heterocycles. The van der Waals surface area contributed by atoms with Crippen LogP contribution in [-0.4, -0.2) is 67.6 Å². The number of carbonyl (C=O) groups excluding carboxylic acids is 1. The van der Waals surface area contributed by atoms with Gasteiger partial charge in [0.15, 0.2) is 22.7 Å². The highest BCUT2D eigenvalue weighted by molar-refractivity contribution is 5.93. The zero-order valence-electron chi connectivity index (χ0n) is 27.3. The van der Waals surface area contributed by atoms with E-state index in [1.807, 2.05) is 92.2 Å². The molecule has 0 radical (unpaired) electrons. The van der Waals surface area contributed by atoms with E-state index in [0.717, 1.165) is 35.1 Å². The van der Waals surface area contributed by atoms with Crippen molar-refractivity contribution in [1.29, 1.82) is 0 Å². The Bertz CT molecular complexity index is 2020. The maximum Gasteiger partial charge on any atom is 0.410 e. The summed E-state index contributed by atoms with van der Waals surface area (Å²) in [5.41, 5.74) is 3.14. The SMILES string of the molecule is COc1ccc(Cn2nc(N[C@@H]3CCCN(C(=O)OC(C)(C)C)C3)c3c(Oc4ccc(-c5nc6ncccc6o5)cc4)ccnc32)cc1. The van der Waals surface area contributed by atoms with Crippen molar-refractivity contribution >= 4 is 34.2 Å². The van der Waals surface area contributed by atoms with E-state index in [0.29, 0.717) is 59.7 Å². The van der Waals surface area contributed by atoms with Crippen LogP contribution in [0.15, 0.2) is 83.5 Å². The Morgan fingerprint density at radius 2 is 1.79 bits per heavy atom. The second-order valence-electron chi connectivity index (χ2n) is 12.7. The van der Waals surface area contributed by atoms with E-state index in [-0.39, 0.29) is 12.1 Å². The number of ether oxygens (including phenoxy) is 3. The average Bonchev–Trinajstić information content (AvgIpc) is 3.67. The predicted molar refractivity (Wildman–Crippen MR) is 181 cm³/mol. The maximum atomic E-state index is 12.9. The first-order valence-electron chi connectivity index (χ1n) is 16.0. The third kappa shape index (κ3) is 6.73. The molecule has 12 heteroatoms. The third-order valence-electron chi connectivity index (χ3n) is 7.99. The summed E-state index contributed by atoms with van der Waals surface area (Å²) < 4.78 is 25.2. The van der Waals surface area contributed by atoms with E-state index >= 15 is 0 Å². The second kappa shape index (κ2) is 12.9. The number of amides is 1. The Hall–Kier alpha value is -5.65. The summed E-state index contributed by atoms with van der Waals surface area (Å²) in [5, 5.41) is 9.36. The van der Waals surface area contributed by atoms with Crippen molar-refractivity contribution in [2.24, 2.45) is 0 Å². The molecule has 6 aromatic rings. The molecule has 1 amide bonds. The molecule has 1 fully saturated rings. The minimum absolute atomic E-state index is 0.0445. The minimum Gasteiger partial charge on any atom is -0.497 e. The number of carbonyl (C=O) groups is 1. The fraction of sp³-hybridized carbons (Fsp3) is 0.306. The quantitative estimate of drug-likeness (QED) is 0.180. The highest BCUT2D eigenvalue weighted by Gasteiger charge is 2.29. The molecule has 7 rings (SSSR count). The topological polar surface area (TPSA) is 130 Å². The lowest BCUT2D eigenvalue weighted by atomic mass is 10.1. The van der Waals surface area contributed by atoms with Crippen LogP contribution in [0.4, 0.5) is 10.6 Å². The lowest BCUT2D eigenvalue weighted by Gasteiger charge is -2.34. The number of fused-ring (bicyclic) bond motifs is 2. The number of hydrogen-bond donors (Lipinski definition) is 1. The first-order chi connectivity index (χ1) is 23.2. The number of hydrogen-bond acceptors (Lipinski definition) is 10. The van der Waals surface area contributed by atoms with Gasteiger partial charge in [-0.1, -0.05) is 12.1 Å². The molecular weight excluding hydrogens is 610 g/mol. The first kappa shape index (κ1) is 31.0. The van der Waals surface area contributed by atoms with Gasteiger partial charge in [0.2, 0.25) is 5.89 Å². The Morgan fingerprint density at radius 3 is 2.54 bits per heavy atom. The number of piperidine rings is 1. The molecule has 1 N–H and O–H groups in total. The molecule has 0 unspecified atom stereocenters. The lowest BCUT2D eigenvalue weighted by molar-refractivity contribution is 0.0206. The Balaban J connectivity index is 1.18. The number of likely N-dealkylation sites (tertiary alicyclic amines) is 1. The summed E-state index contributed by atoms with van der Waals surface area (Å²) in [6.07, 6.45) is 4.81. The summed E-state index contributed by atoms with van der Waals surface area (Å²) in [4.78, 5) is 28.1. The van der Waals surface area contributed by atoms with Crippen LogP contribution in [0.5, 0.6) is 17.2 Å². The summed E-state index contributed by atoms with van der Waals surface area (Å²) in [6, 6.07) is 20.9. The Kier molecular flexibility index (Phi) is 8.30. The van der Waals surface area contributed by atoms with Crippen LogP contribution in [0.2, 0.25) is 0 Å². The van der Waals surface area contributed by atoms with Gasteiger partial charge in [-0.05, 0) is 87.7 Å². The fourth-order valence-corrected chi connectivity index (χ4v) is 5.74. The molecular formula is C36H37N7O5. The normalized spacial score (nSPS) is 15.1. The van der Waals surface area contributed by atoms with Crippen molar-refractivity contribution in [3.8, 4) is 28.7 Å². The van der Waals surface area contributed by atoms with Gasteiger partial charge >= 0.3 is 6.09 Å². The smallest absolute Gasteiger partial charge is 0.410 e. The van der Waals surface area contributed by atoms with E-state index in [1.165, 1.54) is 0 Å². The standard InChI is InChI=1S/C36H37N7O5/c1-36(2,3)48-35(44)42-20-6-7-25(22-42)39-32-30-28(17-19-38-33(30)43(41-32)21-23-9-13-26(45-4)14-10-23)46-27-15-11-24(12-16-27)34-40-31-29(47-34)8-5-18-37-31/h5,8-19,25H,6-7,20-22H2,1-4H3,(H,39,41)/t25-/m1/s1. The largest absolute Gasteiger partial charge is 0.497 e. The first-order valence-corrected chi connectivity index (χ1v) is 16.0. The molecule has 5 heterocycles. The van der Waals surface area contributed by atoms with Gasteiger partial charge in [0.25, 0.3) is 0 Å². The van der Waals surface area contributed by atoms with Gasteiger partial charge in [0, 0.05) is 43.2 Å². The van der Waals surface area contributed by atoms with Gasteiger partial charge in [0.05, 0.1) is 13.7 Å². The van der Waals surface area contributed by atoms with Crippen molar-refractivity contribution in [2.75, 3.05) is 25.5 Å².